The predicted molar refractivity (Wildman–Crippen MR) is 125 cm³/mol. The van der Waals surface area contributed by atoms with Crippen LogP contribution in [0.25, 0.3) is 10.2 Å². The van der Waals surface area contributed by atoms with Gasteiger partial charge >= 0.3 is 0 Å². The summed E-state index contributed by atoms with van der Waals surface area (Å²) in [5.74, 6) is -0.374. The summed E-state index contributed by atoms with van der Waals surface area (Å²) in [4.78, 5) is 20.4. The normalized spacial score (nSPS) is 22.5. The third kappa shape index (κ3) is 4.08. The van der Waals surface area contributed by atoms with Gasteiger partial charge in [0.1, 0.15) is 22.1 Å². The maximum Gasteiger partial charge on any atom is 0.263 e. The Morgan fingerprint density at radius 3 is 2.88 bits per heavy atom. The Labute approximate surface area is 193 Å². The average molecular weight is 474 g/mol. The molecule has 0 radical (unpaired) electrons. The van der Waals surface area contributed by atoms with E-state index in [1.54, 1.807) is 0 Å². The Morgan fingerprint density at radius 1 is 1.30 bits per heavy atom. The number of hydrogen-bond acceptors (Lipinski definition) is 7. The van der Waals surface area contributed by atoms with Gasteiger partial charge in [0.05, 0.1) is 17.6 Å². The number of nitrogen functional groups attached to an aromatic ring is 1. The average Bonchev–Trinajstić information content (AvgIpc) is 3.33. The van der Waals surface area contributed by atoms with E-state index in [1.807, 2.05) is 42.2 Å². The smallest absolute Gasteiger partial charge is 0.263 e. The zero-order chi connectivity index (χ0) is 23.3. The minimum Gasteiger partial charge on any atom is -0.491 e. The van der Waals surface area contributed by atoms with Crippen LogP contribution in [0.15, 0.2) is 30.3 Å². The van der Waals surface area contributed by atoms with E-state index in [4.69, 9.17) is 16.2 Å². The van der Waals surface area contributed by atoms with Crippen LogP contribution in [0, 0.1) is 12.8 Å². The number of amides is 1. The van der Waals surface area contributed by atoms with Crippen molar-refractivity contribution in [3.05, 3.63) is 46.5 Å². The predicted octanol–water partition coefficient (Wildman–Crippen LogP) is 2.95. The number of benzene rings is 1. The number of ether oxygens (including phenoxy) is 1. The zero-order valence-electron chi connectivity index (χ0n) is 18.1. The van der Waals surface area contributed by atoms with Gasteiger partial charge in [-0.3, -0.25) is 4.79 Å². The first-order valence-corrected chi connectivity index (χ1v) is 11.6. The van der Waals surface area contributed by atoms with Gasteiger partial charge in [-0.25, -0.2) is 13.8 Å². The molecule has 4 heterocycles. The molecule has 5 N–H and O–H groups in total. The number of hydrogen-bond donors (Lipinski definition) is 3. The van der Waals surface area contributed by atoms with Crippen LogP contribution >= 0.6 is 11.3 Å². The maximum atomic E-state index is 13.1. The van der Waals surface area contributed by atoms with Gasteiger partial charge in [-0.2, -0.15) is 0 Å². The molecule has 0 bridgehead atoms. The summed E-state index contributed by atoms with van der Waals surface area (Å²) in [6, 6.07) is 8.67. The first-order valence-electron chi connectivity index (χ1n) is 10.8. The van der Waals surface area contributed by atoms with E-state index in [0.717, 1.165) is 27.2 Å². The topological polar surface area (TPSA) is 106 Å². The van der Waals surface area contributed by atoms with E-state index in [-0.39, 0.29) is 18.5 Å². The molecule has 5 rings (SSSR count). The van der Waals surface area contributed by atoms with Gasteiger partial charge in [-0.1, -0.05) is 6.07 Å². The molecule has 0 unspecified atom stereocenters. The van der Waals surface area contributed by atoms with Gasteiger partial charge in [-0.05, 0) is 37.1 Å². The summed E-state index contributed by atoms with van der Waals surface area (Å²) in [6.07, 6.45) is -1.83. The van der Waals surface area contributed by atoms with Crippen molar-refractivity contribution >= 4 is 38.8 Å². The highest BCUT2D eigenvalue weighted by Gasteiger charge is 2.37. The van der Waals surface area contributed by atoms with Crippen molar-refractivity contribution in [2.75, 3.05) is 30.3 Å². The van der Waals surface area contributed by atoms with Gasteiger partial charge in [-0.15, -0.1) is 11.3 Å². The zero-order valence-corrected chi connectivity index (χ0v) is 18.9. The van der Waals surface area contributed by atoms with Crippen molar-refractivity contribution in [2.24, 2.45) is 11.7 Å². The highest BCUT2D eigenvalue weighted by Crippen LogP contribution is 2.35. The number of nitrogens with one attached hydrogen (secondary N) is 1. The molecule has 0 aliphatic carbocycles. The minimum absolute atomic E-state index is 0.210. The van der Waals surface area contributed by atoms with Gasteiger partial charge in [0, 0.05) is 42.0 Å². The molecule has 3 atom stereocenters. The van der Waals surface area contributed by atoms with Gasteiger partial charge < -0.3 is 26.4 Å². The Kier molecular flexibility index (Phi) is 5.57. The molecular formula is C23H25F2N5O2S. The SMILES string of the molecule is Cc1ccc2c(N)c(C(=O)N[C@H]3COc4cc(N5C[C@H](C(F)F)[C@@H](N)C5)ccc4C3)sc2n1. The van der Waals surface area contributed by atoms with Crippen molar-refractivity contribution in [2.45, 2.75) is 31.9 Å². The summed E-state index contributed by atoms with van der Waals surface area (Å²) >= 11 is 1.28. The molecule has 0 spiro atoms. The number of fused-ring (bicyclic) bond motifs is 2. The molecule has 2 aliphatic heterocycles. The number of pyridine rings is 1. The number of alkyl halides is 2. The monoisotopic (exact) mass is 473 g/mol. The second-order valence-electron chi connectivity index (χ2n) is 8.69. The molecule has 1 amide bonds. The third-order valence-electron chi connectivity index (χ3n) is 6.33. The molecule has 0 saturated carbocycles. The molecular weight excluding hydrogens is 448 g/mol. The Morgan fingerprint density at radius 2 is 2.12 bits per heavy atom. The fourth-order valence-electron chi connectivity index (χ4n) is 4.49. The van der Waals surface area contributed by atoms with Gasteiger partial charge in [0.15, 0.2) is 0 Å². The van der Waals surface area contributed by atoms with E-state index >= 15 is 0 Å². The van der Waals surface area contributed by atoms with Crippen LogP contribution in [0.2, 0.25) is 0 Å². The van der Waals surface area contributed by atoms with Crippen LogP contribution < -0.4 is 26.4 Å². The van der Waals surface area contributed by atoms with Crippen molar-refractivity contribution in [3.8, 4) is 5.75 Å². The highest BCUT2D eigenvalue weighted by atomic mass is 32.1. The van der Waals surface area contributed by atoms with E-state index in [1.165, 1.54) is 11.3 Å². The fourth-order valence-corrected chi connectivity index (χ4v) is 5.53. The van der Waals surface area contributed by atoms with Gasteiger partial charge in [0.2, 0.25) is 6.43 Å². The number of nitrogens with two attached hydrogens (primary N) is 2. The molecule has 7 nitrogen and oxygen atoms in total. The van der Waals surface area contributed by atoms with Crippen LogP contribution in [-0.2, 0) is 6.42 Å². The second kappa shape index (κ2) is 8.42. The van der Waals surface area contributed by atoms with Gasteiger partial charge in [0.25, 0.3) is 5.91 Å². The molecule has 10 heteroatoms. The number of rotatable bonds is 4. The lowest BCUT2D eigenvalue weighted by Gasteiger charge is -2.28. The molecule has 1 aromatic carbocycles. The number of thiophene rings is 1. The summed E-state index contributed by atoms with van der Waals surface area (Å²) in [6.45, 7) is 2.81. The minimum atomic E-state index is -2.43. The van der Waals surface area contributed by atoms with Crippen LogP contribution in [0.4, 0.5) is 20.2 Å². The van der Waals surface area contributed by atoms with Crippen molar-refractivity contribution in [1.29, 1.82) is 0 Å². The summed E-state index contributed by atoms with van der Waals surface area (Å²) in [5.41, 5.74) is 15.2. The lowest BCUT2D eigenvalue weighted by atomic mass is 10.0. The lowest BCUT2D eigenvalue weighted by Crippen LogP contribution is -2.42. The number of halogens is 2. The number of aromatic nitrogens is 1. The van der Waals surface area contributed by atoms with Crippen molar-refractivity contribution in [1.82, 2.24) is 10.3 Å². The van der Waals surface area contributed by atoms with E-state index < -0.39 is 18.4 Å². The van der Waals surface area contributed by atoms with Crippen molar-refractivity contribution in [3.63, 3.8) is 0 Å². The largest absolute Gasteiger partial charge is 0.491 e. The maximum absolute atomic E-state index is 13.1. The number of carbonyl (C=O) groups is 1. The molecule has 2 aliphatic rings. The Bertz CT molecular complexity index is 1220. The molecule has 174 valence electrons. The first kappa shape index (κ1) is 21.8. The van der Waals surface area contributed by atoms with Crippen molar-refractivity contribution < 1.29 is 18.3 Å². The van der Waals surface area contributed by atoms with E-state index in [0.29, 0.717) is 35.9 Å². The van der Waals surface area contributed by atoms with Crippen LogP contribution in [-0.4, -0.2) is 49.1 Å². The standard InChI is InChI=1S/C23H25F2N5O2S/c1-11-2-5-15-19(27)20(33-23(15)28-11)22(31)29-13-6-12-3-4-14(7-18(12)32-10-13)30-8-16(21(24)25)17(26)9-30/h2-5,7,13,16-17,21H,6,8-10,26-27H2,1H3,(H,29,31)/t13-,16+,17+/m1/s1. The quantitative estimate of drug-likeness (QED) is 0.538. The molecule has 3 aromatic rings. The molecule has 33 heavy (non-hydrogen) atoms. The lowest BCUT2D eigenvalue weighted by molar-refractivity contribution is 0.0804. The number of anilines is 2. The number of nitrogens with zero attached hydrogens (tertiary/aromatic N) is 2. The fraction of sp³-hybridized carbons (Fsp3) is 0.391. The van der Waals surface area contributed by atoms with Crippen LogP contribution in [0.3, 0.4) is 0 Å². The highest BCUT2D eigenvalue weighted by molar-refractivity contribution is 7.21. The van der Waals surface area contributed by atoms with E-state index in [2.05, 4.69) is 10.3 Å². The van der Waals surface area contributed by atoms with Crippen LogP contribution in [0.5, 0.6) is 5.75 Å². The first-order chi connectivity index (χ1) is 15.8. The molecule has 1 fully saturated rings. The number of carbonyl (C=O) groups excluding carboxylic acids is 1. The third-order valence-corrected chi connectivity index (χ3v) is 7.45. The summed E-state index contributed by atoms with van der Waals surface area (Å²) in [7, 11) is 0. The van der Waals surface area contributed by atoms with E-state index in [9.17, 15) is 13.6 Å². The van der Waals surface area contributed by atoms with Crippen LogP contribution in [0.1, 0.15) is 20.9 Å². The Balaban J connectivity index is 1.27. The molecule has 2 aromatic heterocycles. The second-order valence-corrected chi connectivity index (χ2v) is 9.69. The Hall–Kier alpha value is -2.98. The molecule has 1 saturated heterocycles. The summed E-state index contributed by atoms with van der Waals surface area (Å²) in [5, 5.41) is 3.80. The summed E-state index contributed by atoms with van der Waals surface area (Å²) < 4.78 is 32.2. The number of aryl methyl sites for hydroxylation is 1.